The Labute approximate surface area is 128 Å². The Morgan fingerprint density at radius 1 is 1.19 bits per heavy atom. The largest absolute Gasteiger partial charge is 0.367 e. The maximum Gasteiger partial charge on any atom is 0.273 e. The molecule has 0 bridgehead atoms. The molecule has 2 aromatic carbocycles. The number of ether oxygens (including phenoxy) is 1. The molecule has 0 radical (unpaired) electrons. The Bertz CT molecular complexity index is 629. The first-order valence-electron chi connectivity index (χ1n) is 6.37. The van der Waals surface area contributed by atoms with Crippen LogP contribution in [0.5, 0.6) is 0 Å². The number of carbonyl (C=O) groups excluding carboxylic acids is 1. The minimum atomic E-state index is -0.699. The summed E-state index contributed by atoms with van der Waals surface area (Å²) in [4.78, 5) is 12.1. The number of nitrogens with zero attached hydrogens (tertiary/aromatic N) is 1. The summed E-state index contributed by atoms with van der Waals surface area (Å²) in [5.74, 6) is -0.341. The average molecular weight is 303 g/mol. The van der Waals surface area contributed by atoms with E-state index in [1.54, 1.807) is 6.07 Å². The summed E-state index contributed by atoms with van der Waals surface area (Å²) in [5.41, 5.74) is 3.95. The molecule has 0 saturated carbocycles. The van der Waals surface area contributed by atoms with Crippen molar-refractivity contribution in [1.29, 1.82) is 0 Å². The van der Waals surface area contributed by atoms with Gasteiger partial charge in [0, 0.05) is 17.7 Å². The zero-order valence-electron chi connectivity index (χ0n) is 11.5. The molecular weight excluding hydrogens is 288 g/mol. The van der Waals surface area contributed by atoms with Gasteiger partial charge in [0.2, 0.25) is 0 Å². The third-order valence-corrected chi connectivity index (χ3v) is 3.20. The molecule has 1 amide bonds. The fourth-order valence-corrected chi connectivity index (χ4v) is 2.01. The van der Waals surface area contributed by atoms with Crippen LogP contribution in [0.2, 0.25) is 5.02 Å². The molecule has 0 fully saturated rings. The average Bonchev–Trinajstić information content (AvgIpc) is 2.51. The van der Waals surface area contributed by atoms with Crippen molar-refractivity contribution in [2.24, 2.45) is 5.10 Å². The van der Waals surface area contributed by atoms with E-state index in [2.05, 4.69) is 10.5 Å². The maximum atomic E-state index is 12.1. The van der Waals surface area contributed by atoms with Gasteiger partial charge in [0.15, 0.2) is 6.10 Å². The van der Waals surface area contributed by atoms with Gasteiger partial charge < -0.3 is 4.74 Å². The van der Waals surface area contributed by atoms with Gasteiger partial charge in [-0.25, -0.2) is 5.43 Å². The third kappa shape index (κ3) is 4.15. The summed E-state index contributed by atoms with van der Waals surface area (Å²) < 4.78 is 5.21. The van der Waals surface area contributed by atoms with Crippen molar-refractivity contribution in [2.45, 2.75) is 6.10 Å². The smallest absolute Gasteiger partial charge is 0.273 e. The lowest BCUT2D eigenvalue weighted by Crippen LogP contribution is -2.26. The molecule has 1 unspecified atom stereocenters. The number of nitrogens with one attached hydrogen (secondary N) is 1. The zero-order chi connectivity index (χ0) is 15.1. The van der Waals surface area contributed by atoms with E-state index >= 15 is 0 Å². The molecule has 2 rings (SSSR count). The summed E-state index contributed by atoms with van der Waals surface area (Å²) in [7, 11) is 1.48. The molecule has 0 saturated heterocycles. The number of methoxy groups -OCH3 is 1. The van der Waals surface area contributed by atoms with Gasteiger partial charge in [-0.3, -0.25) is 4.79 Å². The summed E-state index contributed by atoms with van der Waals surface area (Å²) in [5, 5.41) is 4.48. The number of hydrogen-bond donors (Lipinski definition) is 1. The van der Waals surface area contributed by atoms with Gasteiger partial charge in [-0.15, -0.1) is 0 Å². The third-order valence-electron chi connectivity index (χ3n) is 2.86. The second-order valence-electron chi connectivity index (χ2n) is 4.28. The van der Waals surface area contributed by atoms with E-state index in [-0.39, 0.29) is 5.91 Å². The van der Waals surface area contributed by atoms with Crippen LogP contribution in [0.15, 0.2) is 59.7 Å². The van der Waals surface area contributed by atoms with Gasteiger partial charge in [0.1, 0.15) is 0 Å². The number of halogens is 1. The molecule has 0 aliphatic heterocycles. The molecule has 4 nitrogen and oxygen atoms in total. The van der Waals surface area contributed by atoms with Crippen molar-refractivity contribution in [3.05, 3.63) is 70.7 Å². The van der Waals surface area contributed by atoms with Crippen LogP contribution in [0, 0.1) is 0 Å². The second-order valence-corrected chi connectivity index (χ2v) is 4.69. The lowest BCUT2D eigenvalue weighted by atomic mass is 10.1. The van der Waals surface area contributed by atoms with Gasteiger partial charge >= 0.3 is 0 Å². The van der Waals surface area contributed by atoms with E-state index < -0.39 is 6.10 Å². The minimum absolute atomic E-state index is 0.341. The number of rotatable bonds is 5. The summed E-state index contributed by atoms with van der Waals surface area (Å²) >= 11 is 6.00. The van der Waals surface area contributed by atoms with Gasteiger partial charge in [-0.1, -0.05) is 60.1 Å². The highest BCUT2D eigenvalue weighted by atomic mass is 35.5. The molecule has 5 heteroatoms. The number of hydrogen-bond acceptors (Lipinski definition) is 3. The Balaban J connectivity index is 2.02. The quantitative estimate of drug-likeness (QED) is 0.681. The van der Waals surface area contributed by atoms with Gasteiger partial charge in [-0.05, 0) is 11.6 Å². The number of hydrazone groups is 1. The normalized spacial score (nSPS) is 12.3. The Kier molecular flexibility index (Phi) is 5.49. The van der Waals surface area contributed by atoms with Crippen LogP contribution in [0.1, 0.15) is 17.2 Å². The number of carbonyl (C=O) groups is 1. The first-order valence-corrected chi connectivity index (χ1v) is 6.75. The highest BCUT2D eigenvalue weighted by Gasteiger charge is 2.18. The number of amides is 1. The molecule has 0 heterocycles. The Morgan fingerprint density at radius 2 is 1.86 bits per heavy atom. The van der Waals surface area contributed by atoms with Crippen LogP contribution < -0.4 is 5.43 Å². The summed E-state index contributed by atoms with van der Waals surface area (Å²) in [6, 6.07) is 16.5. The standard InChI is InChI=1S/C16H15ClN2O2/c1-21-15(12-7-3-2-4-8-12)16(20)19-18-11-13-9-5-6-10-14(13)17/h2-11,15H,1H3,(H,19,20). The molecule has 0 aliphatic carbocycles. The van der Waals surface area contributed by atoms with Crippen molar-refractivity contribution in [2.75, 3.05) is 7.11 Å². The summed E-state index contributed by atoms with van der Waals surface area (Å²) in [6.45, 7) is 0. The SMILES string of the molecule is COC(C(=O)NN=Cc1ccccc1Cl)c1ccccc1. The fourth-order valence-electron chi connectivity index (χ4n) is 1.83. The molecule has 1 N–H and O–H groups in total. The van der Waals surface area contributed by atoms with Crippen LogP contribution >= 0.6 is 11.6 Å². The lowest BCUT2D eigenvalue weighted by molar-refractivity contribution is -0.131. The van der Waals surface area contributed by atoms with E-state index in [0.29, 0.717) is 5.02 Å². The Hall–Kier alpha value is -2.17. The van der Waals surface area contributed by atoms with Crippen molar-refractivity contribution in [3.63, 3.8) is 0 Å². The minimum Gasteiger partial charge on any atom is -0.367 e. The van der Waals surface area contributed by atoms with Crippen LogP contribution in [0.4, 0.5) is 0 Å². The predicted molar refractivity (Wildman–Crippen MR) is 83.4 cm³/mol. The van der Waals surface area contributed by atoms with Crippen molar-refractivity contribution < 1.29 is 9.53 Å². The molecule has 108 valence electrons. The van der Waals surface area contributed by atoms with Gasteiger partial charge in [-0.2, -0.15) is 5.10 Å². The lowest BCUT2D eigenvalue weighted by Gasteiger charge is -2.13. The van der Waals surface area contributed by atoms with E-state index in [4.69, 9.17) is 16.3 Å². The van der Waals surface area contributed by atoms with Gasteiger partial charge in [0.05, 0.1) is 6.21 Å². The van der Waals surface area contributed by atoms with Crippen molar-refractivity contribution in [3.8, 4) is 0 Å². The second kappa shape index (κ2) is 7.57. The first kappa shape index (κ1) is 15.2. The van der Waals surface area contributed by atoms with E-state index in [0.717, 1.165) is 11.1 Å². The topological polar surface area (TPSA) is 50.7 Å². The fraction of sp³-hybridized carbons (Fsp3) is 0.125. The van der Waals surface area contributed by atoms with Crippen LogP contribution in [-0.2, 0) is 9.53 Å². The molecule has 21 heavy (non-hydrogen) atoms. The van der Waals surface area contributed by atoms with Crippen LogP contribution in [0.3, 0.4) is 0 Å². The first-order chi connectivity index (χ1) is 10.2. The highest BCUT2D eigenvalue weighted by Crippen LogP contribution is 2.16. The molecular formula is C16H15ClN2O2. The molecule has 0 spiro atoms. The van der Waals surface area contributed by atoms with Crippen LogP contribution in [0.25, 0.3) is 0 Å². The molecule has 1 atom stereocenters. The van der Waals surface area contributed by atoms with Crippen LogP contribution in [-0.4, -0.2) is 19.2 Å². The maximum absolute atomic E-state index is 12.1. The molecule has 0 aromatic heterocycles. The zero-order valence-corrected chi connectivity index (χ0v) is 12.2. The summed E-state index contributed by atoms with van der Waals surface area (Å²) in [6.07, 6.45) is 0.799. The highest BCUT2D eigenvalue weighted by molar-refractivity contribution is 6.33. The van der Waals surface area contributed by atoms with E-state index in [9.17, 15) is 4.79 Å². The predicted octanol–water partition coefficient (Wildman–Crippen LogP) is 3.18. The number of benzene rings is 2. The van der Waals surface area contributed by atoms with E-state index in [1.807, 2.05) is 48.5 Å². The van der Waals surface area contributed by atoms with Crippen molar-refractivity contribution in [1.82, 2.24) is 5.43 Å². The molecule has 0 aliphatic rings. The van der Waals surface area contributed by atoms with Gasteiger partial charge in [0.25, 0.3) is 5.91 Å². The Morgan fingerprint density at radius 3 is 2.52 bits per heavy atom. The monoisotopic (exact) mass is 302 g/mol. The van der Waals surface area contributed by atoms with Crippen molar-refractivity contribution >= 4 is 23.7 Å². The van der Waals surface area contributed by atoms with E-state index in [1.165, 1.54) is 13.3 Å². The molecule has 2 aromatic rings.